The van der Waals surface area contributed by atoms with Crippen LogP contribution in [0, 0.1) is 0 Å². The molecule has 1 heterocycles. The molecule has 2 aromatic carbocycles. The lowest BCUT2D eigenvalue weighted by molar-refractivity contribution is -0.141. The van der Waals surface area contributed by atoms with Crippen molar-refractivity contribution in [2.45, 2.75) is 18.8 Å². The molecule has 0 aliphatic carbocycles. The van der Waals surface area contributed by atoms with Gasteiger partial charge < -0.3 is 15.6 Å². The standard InChI is InChI=1S/C22H20F3N3O2/c1-26-13-14-7-9-16(10-8-14)19(15-5-3-2-4-6-15)28-21(30)17-11-12-18(22(23,24)25)27-20(17)29/h2-12,19,26H,13H2,1H3,(H,27,29)(H,28,30). The van der Waals surface area contributed by atoms with Gasteiger partial charge in [0.1, 0.15) is 11.3 Å². The Labute approximate surface area is 171 Å². The number of pyridine rings is 1. The maximum Gasteiger partial charge on any atom is 0.431 e. The second-order valence-corrected chi connectivity index (χ2v) is 6.70. The van der Waals surface area contributed by atoms with Crippen LogP contribution in [0.25, 0.3) is 0 Å². The Hall–Kier alpha value is -3.39. The fourth-order valence-electron chi connectivity index (χ4n) is 3.06. The molecule has 30 heavy (non-hydrogen) atoms. The predicted octanol–water partition coefficient (Wildman–Crippen LogP) is 3.63. The first-order chi connectivity index (χ1) is 14.3. The van der Waals surface area contributed by atoms with Gasteiger partial charge in [-0.3, -0.25) is 9.59 Å². The zero-order valence-electron chi connectivity index (χ0n) is 16.1. The second-order valence-electron chi connectivity index (χ2n) is 6.70. The van der Waals surface area contributed by atoms with Crippen LogP contribution < -0.4 is 16.2 Å². The Morgan fingerprint density at radius 1 is 0.967 bits per heavy atom. The van der Waals surface area contributed by atoms with Crippen LogP contribution >= 0.6 is 0 Å². The number of carbonyl (C=O) groups is 1. The smallest absolute Gasteiger partial charge is 0.341 e. The van der Waals surface area contributed by atoms with Gasteiger partial charge >= 0.3 is 6.18 Å². The van der Waals surface area contributed by atoms with Gasteiger partial charge in [0.25, 0.3) is 11.5 Å². The minimum atomic E-state index is -4.70. The quantitative estimate of drug-likeness (QED) is 0.576. The van der Waals surface area contributed by atoms with Crippen LogP contribution in [0.4, 0.5) is 13.2 Å². The maximum absolute atomic E-state index is 12.8. The molecule has 1 aromatic heterocycles. The number of amides is 1. The molecule has 0 saturated carbocycles. The van der Waals surface area contributed by atoms with E-state index in [0.717, 1.165) is 22.8 Å². The van der Waals surface area contributed by atoms with Gasteiger partial charge in [0, 0.05) is 6.54 Å². The summed E-state index contributed by atoms with van der Waals surface area (Å²) in [5, 5.41) is 5.81. The van der Waals surface area contributed by atoms with Gasteiger partial charge in [-0.25, -0.2) is 0 Å². The van der Waals surface area contributed by atoms with Gasteiger partial charge in [-0.15, -0.1) is 0 Å². The summed E-state index contributed by atoms with van der Waals surface area (Å²) in [5.41, 5.74) is -0.0927. The molecule has 0 aliphatic heterocycles. The molecule has 0 saturated heterocycles. The van der Waals surface area contributed by atoms with Crippen molar-refractivity contribution >= 4 is 5.91 Å². The predicted molar refractivity (Wildman–Crippen MR) is 107 cm³/mol. The number of halogens is 3. The molecular formula is C22H20F3N3O2. The number of carbonyl (C=O) groups excluding carboxylic acids is 1. The van der Waals surface area contributed by atoms with Crippen LogP contribution in [0.1, 0.15) is 38.8 Å². The van der Waals surface area contributed by atoms with Crippen LogP contribution in [0.2, 0.25) is 0 Å². The lowest BCUT2D eigenvalue weighted by Crippen LogP contribution is -2.34. The SMILES string of the molecule is CNCc1ccc(C(NC(=O)c2ccc(C(F)(F)F)[nH]c2=O)c2ccccc2)cc1. The van der Waals surface area contributed by atoms with Crippen molar-refractivity contribution in [2.75, 3.05) is 7.05 Å². The summed E-state index contributed by atoms with van der Waals surface area (Å²) in [5.74, 6) is -0.766. The highest BCUT2D eigenvalue weighted by Gasteiger charge is 2.32. The number of aromatic nitrogens is 1. The van der Waals surface area contributed by atoms with Gasteiger partial charge in [0.2, 0.25) is 0 Å². The minimum Gasteiger partial charge on any atom is -0.341 e. The number of rotatable bonds is 6. The van der Waals surface area contributed by atoms with Crippen LogP contribution in [-0.4, -0.2) is 17.9 Å². The molecule has 5 nitrogen and oxygen atoms in total. The summed E-state index contributed by atoms with van der Waals surface area (Å²) < 4.78 is 38.3. The first kappa shape index (κ1) is 21.3. The Balaban J connectivity index is 1.92. The summed E-state index contributed by atoms with van der Waals surface area (Å²) in [6, 6.07) is 17.6. The van der Waals surface area contributed by atoms with Crippen LogP contribution in [-0.2, 0) is 12.7 Å². The van der Waals surface area contributed by atoms with Gasteiger partial charge in [-0.05, 0) is 35.9 Å². The van der Waals surface area contributed by atoms with E-state index >= 15 is 0 Å². The third kappa shape index (κ3) is 4.96. The highest BCUT2D eigenvalue weighted by Crippen LogP contribution is 2.27. The molecule has 0 radical (unpaired) electrons. The van der Waals surface area contributed by atoms with Gasteiger partial charge in [-0.1, -0.05) is 54.6 Å². The third-order valence-electron chi connectivity index (χ3n) is 4.56. The molecular weight excluding hydrogens is 395 g/mol. The molecule has 1 amide bonds. The van der Waals surface area contributed by atoms with E-state index in [1.54, 1.807) is 4.98 Å². The second kappa shape index (κ2) is 8.96. The maximum atomic E-state index is 12.8. The average molecular weight is 415 g/mol. The molecule has 156 valence electrons. The lowest BCUT2D eigenvalue weighted by atomic mass is 9.97. The number of H-pyrrole nitrogens is 1. The zero-order valence-corrected chi connectivity index (χ0v) is 16.1. The average Bonchev–Trinajstić information content (AvgIpc) is 2.72. The highest BCUT2D eigenvalue weighted by atomic mass is 19.4. The molecule has 3 rings (SSSR count). The Bertz CT molecular complexity index is 1060. The van der Waals surface area contributed by atoms with E-state index in [0.29, 0.717) is 12.6 Å². The van der Waals surface area contributed by atoms with Crippen molar-refractivity contribution in [3.63, 3.8) is 0 Å². The number of aromatic amines is 1. The van der Waals surface area contributed by atoms with E-state index in [1.807, 2.05) is 61.6 Å². The van der Waals surface area contributed by atoms with Crippen LogP contribution in [0.15, 0.2) is 71.5 Å². The molecule has 1 atom stereocenters. The van der Waals surface area contributed by atoms with Crippen molar-refractivity contribution in [3.8, 4) is 0 Å². The molecule has 0 fully saturated rings. The summed E-state index contributed by atoms with van der Waals surface area (Å²) in [6.45, 7) is 0.684. The van der Waals surface area contributed by atoms with Crippen molar-refractivity contribution in [2.24, 2.45) is 0 Å². The number of benzene rings is 2. The molecule has 0 aliphatic rings. The fraction of sp³-hybridized carbons (Fsp3) is 0.182. The summed E-state index contributed by atoms with van der Waals surface area (Å²) in [6.07, 6.45) is -4.70. The van der Waals surface area contributed by atoms with Crippen LogP contribution in [0.5, 0.6) is 0 Å². The van der Waals surface area contributed by atoms with Crippen molar-refractivity contribution < 1.29 is 18.0 Å². The van der Waals surface area contributed by atoms with Crippen molar-refractivity contribution in [1.29, 1.82) is 0 Å². The van der Waals surface area contributed by atoms with Gasteiger partial charge in [-0.2, -0.15) is 13.2 Å². The number of nitrogens with one attached hydrogen (secondary N) is 3. The molecule has 0 spiro atoms. The van der Waals surface area contributed by atoms with Crippen molar-refractivity contribution in [1.82, 2.24) is 15.6 Å². The third-order valence-corrected chi connectivity index (χ3v) is 4.56. The van der Waals surface area contributed by atoms with Crippen molar-refractivity contribution in [3.05, 3.63) is 105 Å². The van der Waals surface area contributed by atoms with Gasteiger partial charge in [0.15, 0.2) is 0 Å². The van der Waals surface area contributed by atoms with E-state index in [4.69, 9.17) is 0 Å². The molecule has 0 bridgehead atoms. The summed E-state index contributed by atoms with van der Waals surface area (Å²) in [7, 11) is 1.84. The molecule has 1 unspecified atom stereocenters. The largest absolute Gasteiger partial charge is 0.431 e. The number of hydrogen-bond donors (Lipinski definition) is 3. The van der Waals surface area contributed by atoms with E-state index < -0.39 is 34.9 Å². The lowest BCUT2D eigenvalue weighted by Gasteiger charge is -2.20. The van der Waals surface area contributed by atoms with Gasteiger partial charge in [0.05, 0.1) is 6.04 Å². The summed E-state index contributed by atoms with van der Waals surface area (Å²) >= 11 is 0. The van der Waals surface area contributed by atoms with E-state index in [2.05, 4.69) is 10.6 Å². The van der Waals surface area contributed by atoms with E-state index in [9.17, 15) is 22.8 Å². The highest BCUT2D eigenvalue weighted by molar-refractivity contribution is 5.94. The first-order valence-electron chi connectivity index (χ1n) is 9.19. The van der Waals surface area contributed by atoms with Crippen LogP contribution in [0.3, 0.4) is 0 Å². The Morgan fingerprint density at radius 3 is 2.17 bits per heavy atom. The monoisotopic (exact) mass is 415 g/mol. The molecule has 8 heteroatoms. The molecule has 3 aromatic rings. The zero-order chi connectivity index (χ0) is 21.7. The Morgan fingerprint density at radius 2 is 1.60 bits per heavy atom. The molecule has 3 N–H and O–H groups in total. The van der Waals surface area contributed by atoms with E-state index in [1.165, 1.54) is 0 Å². The van der Waals surface area contributed by atoms with E-state index in [-0.39, 0.29) is 0 Å². The number of hydrogen-bond acceptors (Lipinski definition) is 3. The topological polar surface area (TPSA) is 74.0 Å². The number of alkyl halides is 3. The normalized spacial score (nSPS) is 12.4. The Kier molecular flexibility index (Phi) is 6.37. The minimum absolute atomic E-state index is 0.393. The summed E-state index contributed by atoms with van der Waals surface area (Å²) in [4.78, 5) is 26.5. The fourth-order valence-corrected chi connectivity index (χ4v) is 3.06. The first-order valence-corrected chi connectivity index (χ1v) is 9.19.